The van der Waals surface area contributed by atoms with Crippen LogP contribution in [0.1, 0.15) is 39.2 Å². The SMILES string of the molecule is CCC(N)Cc1cc(OC)c(OC(C)CC)c(OC)c1. The van der Waals surface area contributed by atoms with E-state index in [1.807, 2.05) is 19.1 Å². The van der Waals surface area contributed by atoms with Gasteiger partial charge >= 0.3 is 0 Å². The molecule has 0 heterocycles. The van der Waals surface area contributed by atoms with Crippen LogP contribution in [-0.2, 0) is 6.42 Å². The molecule has 0 bridgehead atoms. The molecule has 4 heteroatoms. The predicted octanol–water partition coefficient (Wildman–Crippen LogP) is 3.16. The molecule has 2 atom stereocenters. The number of hydrogen-bond donors (Lipinski definition) is 1. The molecule has 2 N–H and O–H groups in total. The molecular weight excluding hydrogens is 254 g/mol. The summed E-state index contributed by atoms with van der Waals surface area (Å²) in [5.74, 6) is 2.06. The Hall–Kier alpha value is -1.42. The van der Waals surface area contributed by atoms with Gasteiger partial charge in [0.15, 0.2) is 11.5 Å². The third kappa shape index (κ3) is 4.30. The molecule has 1 rings (SSSR count). The Morgan fingerprint density at radius 1 is 1.05 bits per heavy atom. The van der Waals surface area contributed by atoms with Gasteiger partial charge in [-0.15, -0.1) is 0 Å². The molecule has 0 saturated heterocycles. The van der Waals surface area contributed by atoms with Gasteiger partial charge in [0.1, 0.15) is 0 Å². The first-order valence-corrected chi connectivity index (χ1v) is 7.22. The Morgan fingerprint density at radius 3 is 2.00 bits per heavy atom. The van der Waals surface area contributed by atoms with Gasteiger partial charge in [-0.2, -0.15) is 0 Å². The maximum Gasteiger partial charge on any atom is 0.203 e. The van der Waals surface area contributed by atoms with E-state index in [-0.39, 0.29) is 12.1 Å². The fourth-order valence-electron chi connectivity index (χ4n) is 1.90. The maximum atomic E-state index is 6.02. The van der Waals surface area contributed by atoms with Crippen LogP contribution in [0.2, 0.25) is 0 Å². The van der Waals surface area contributed by atoms with Crippen LogP contribution in [0, 0.1) is 0 Å². The third-order valence-electron chi connectivity index (χ3n) is 3.44. The molecule has 20 heavy (non-hydrogen) atoms. The summed E-state index contributed by atoms with van der Waals surface area (Å²) < 4.78 is 16.8. The van der Waals surface area contributed by atoms with Gasteiger partial charge in [-0.05, 0) is 43.9 Å². The zero-order valence-corrected chi connectivity index (χ0v) is 13.2. The zero-order valence-electron chi connectivity index (χ0n) is 13.2. The molecule has 4 nitrogen and oxygen atoms in total. The van der Waals surface area contributed by atoms with Crippen molar-refractivity contribution in [2.75, 3.05) is 14.2 Å². The second kappa shape index (κ2) is 8.00. The Bertz CT molecular complexity index is 395. The van der Waals surface area contributed by atoms with Crippen molar-refractivity contribution in [3.8, 4) is 17.2 Å². The average Bonchev–Trinajstić information content (AvgIpc) is 2.47. The van der Waals surface area contributed by atoms with E-state index in [1.165, 1.54) is 0 Å². The van der Waals surface area contributed by atoms with Gasteiger partial charge in [-0.25, -0.2) is 0 Å². The summed E-state index contributed by atoms with van der Waals surface area (Å²) in [4.78, 5) is 0. The van der Waals surface area contributed by atoms with Gasteiger partial charge in [0.25, 0.3) is 0 Å². The minimum Gasteiger partial charge on any atom is -0.493 e. The second-order valence-corrected chi connectivity index (χ2v) is 5.04. The number of nitrogens with two attached hydrogens (primary N) is 1. The molecule has 0 spiro atoms. The Kier molecular flexibility index (Phi) is 6.65. The van der Waals surface area contributed by atoms with E-state index in [2.05, 4.69) is 13.8 Å². The lowest BCUT2D eigenvalue weighted by molar-refractivity contribution is 0.198. The summed E-state index contributed by atoms with van der Waals surface area (Å²) in [7, 11) is 3.28. The minimum absolute atomic E-state index is 0.113. The summed E-state index contributed by atoms with van der Waals surface area (Å²) in [5.41, 5.74) is 7.12. The molecule has 0 aliphatic heterocycles. The molecule has 0 aromatic heterocycles. The van der Waals surface area contributed by atoms with Crippen LogP contribution in [0.4, 0.5) is 0 Å². The standard InChI is InChI=1S/C16H27NO3/c1-6-11(3)20-16-14(18-4)9-12(8-13(17)7-2)10-15(16)19-5/h9-11,13H,6-8,17H2,1-5H3. The van der Waals surface area contributed by atoms with Crippen molar-refractivity contribution in [3.63, 3.8) is 0 Å². The smallest absolute Gasteiger partial charge is 0.203 e. The van der Waals surface area contributed by atoms with Gasteiger partial charge in [0, 0.05) is 6.04 Å². The van der Waals surface area contributed by atoms with Crippen molar-refractivity contribution in [2.24, 2.45) is 5.73 Å². The molecule has 0 aliphatic rings. The highest BCUT2D eigenvalue weighted by molar-refractivity contribution is 5.54. The number of ether oxygens (including phenoxy) is 3. The zero-order chi connectivity index (χ0) is 15.1. The van der Waals surface area contributed by atoms with E-state index in [9.17, 15) is 0 Å². The van der Waals surface area contributed by atoms with Crippen LogP contribution in [0.5, 0.6) is 17.2 Å². The van der Waals surface area contributed by atoms with E-state index >= 15 is 0 Å². The van der Waals surface area contributed by atoms with Crippen LogP contribution < -0.4 is 19.9 Å². The van der Waals surface area contributed by atoms with Crippen molar-refractivity contribution >= 4 is 0 Å². The summed E-state index contributed by atoms with van der Waals surface area (Å²) >= 11 is 0. The van der Waals surface area contributed by atoms with E-state index in [4.69, 9.17) is 19.9 Å². The second-order valence-electron chi connectivity index (χ2n) is 5.04. The maximum absolute atomic E-state index is 6.02. The summed E-state index contributed by atoms with van der Waals surface area (Å²) in [5, 5.41) is 0. The highest BCUT2D eigenvalue weighted by Gasteiger charge is 2.17. The van der Waals surface area contributed by atoms with Crippen molar-refractivity contribution in [3.05, 3.63) is 17.7 Å². The first kappa shape index (κ1) is 16.6. The minimum atomic E-state index is 0.113. The Morgan fingerprint density at radius 2 is 1.60 bits per heavy atom. The first-order chi connectivity index (χ1) is 9.55. The molecule has 2 unspecified atom stereocenters. The molecule has 0 radical (unpaired) electrons. The van der Waals surface area contributed by atoms with Crippen LogP contribution in [0.25, 0.3) is 0 Å². The molecule has 1 aromatic carbocycles. The number of hydrogen-bond acceptors (Lipinski definition) is 4. The van der Waals surface area contributed by atoms with Crippen molar-refractivity contribution in [2.45, 2.75) is 52.2 Å². The van der Waals surface area contributed by atoms with Gasteiger partial charge in [0.2, 0.25) is 5.75 Å². The fraction of sp³-hybridized carbons (Fsp3) is 0.625. The van der Waals surface area contributed by atoms with Crippen LogP contribution in [0.15, 0.2) is 12.1 Å². The Balaban J connectivity index is 3.10. The highest BCUT2D eigenvalue weighted by atomic mass is 16.5. The summed E-state index contributed by atoms with van der Waals surface area (Å²) in [6, 6.07) is 4.11. The van der Waals surface area contributed by atoms with E-state index in [0.717, 1.165) is 24.8 Å². The van der Waals surface area contributed by atoms with Crippen molar-refractivity contribution < 1.29 is 14.2 Å². The summed E-state index contributed by atoms with van der Waals surface area (Å²) in [6.45, 7) is 6.19. The number of benzene rings is 1. The molecule has 0 fully saturated rings. The number of methoxy groups -OCH3 is 2. The lowest BCUT2D eigenvalue weighted by atomic mass is 10.0. The molecule has 1 aromatic rings. The van der Waals surface area contributed by atoms with Crippen LogP contribution >= 0.6 is 0 Å². The quantitative estimate of drug-likeness (QED) is 0.795. The topological polar surface area (TPSA) is 53.7 Å². The van der Waals surface area contributed by atoms with Gasteiger partial charge in [0.05, 0.1) is 20.3 Å². The van der Waals surface area contributed by atoms with E-state index in [1.54, 1.807) is 14.2 Å². The summed E-state index contributed by atoms with van der Waals surface area (Å²) in [6.07, 6.45) is 2.78. The monoisotopic (exact) mass is 281 g/mol. The van der Waals surface area contributed by atoms with Gasteiger partial charge in [-0.1, -0.05) is 13.8 Å². The predicted molar refractivity (Wildman–Crippen MR) is 81.9 cm³/mol. The van der Waals surface area contributed by atoms with E-state index < -0.39 is 0 Å². The molecule has 0 amide bonds. The van der Waals surface area contributed by atoms with Gasteiger partial charge < -0.3 is 19.9 Å². The van der Waals surface area contributed by atoms with Crippen molar-refractivity contribution in [1.29, 1.82) is 0 Å². The lowest BCUT2D eigenvalue weighted by Crippen LogP contribution is -2.21. The first-order valence-electron chi connectivity index (χ1n) is 7.22. The van der Waals surface area contributed by atoms with Crippen LogP contribution in [0.3, 0.4) is 0 Å². The molecular formula is C16H27NO3. The largest absolute Gasteiger partial charge is 0.493 e. The van der Waals surface area contributed by atoms with Crippen LogP contribution in [-0.4, -0.2) is 26.4 Å². The van der Waals surface area contributed by atoms with Gasteiger partial charge in [-0.3, -0.25) is 0 Å². The normalized spacial score (nSPS) is 13.7. The number of rotatable bonds is 8. The average molecular weight is 281 g/mol. The van der Waals surface area contributed by atoms with Crippen molar-refractivity contribution in [1.82, 2.24) is 0 Å². The fourth-order valence-corrected chi connectivity index (χ4v) is 1.90. The molecule has 114 valence electrons. The Labute approximate surface area is 122 Å². The lowest BCUT2D eigenvalue weighted by Gasteiger charge is -2.20. The third-order valence-corrected chi connectivity index (χ3v) is 3.44. The molecule has 0 aliphatic carbocycles. The van der Waals surface area contributed by atoms with E-state index in [0.29, 0.717) is 17.2 Å². The highest BCUT2D eigenvalue weighted by Crippen LogP contribution is 2.39. The molecule has 0 saturated carbocycles.